The van der Waals surface area contributed by atoms with Gasteiger partial charge in [0, 0.05) is 17.5 Å². The van der Waals surface area contributed by atoms with Gasteiger partial charge in [0.2, 0.25) is 0 Å². The van der Waals surface area contributed by atoms with Gasteiger partial charge in [-0.25, -0.2) is 9.97 Å². The van der Waals surface area contributed by atoms with E-state index in [1.165, 1.54) is 6.33 Å². The molecule has 0 spiro atoms. The molecular formula is C10H16N4. The summed E-state index contributed by atoms with van der Waals surface area (Å²) in [5, 5.41) is 7.18. The lowest BCUT2D eigenvalue weighted by molar-refractivity contribution is 0.565. The van der Waals surface area contributed by atoms with Gasteiger partial charge in [-0.05, 0) is 6.07 Å². The average molecular weight is 192 g/mol. The van der Waals surface area contributed by atoms with Crippen molar-refractivity contribution >= 4 is 5.84 Å². The van der Waals surface area contributed by atoms with E-state index in [2.05, 4.69) is 30.7 Å². The van der Waals surface area contributed by atoms with Crippen molar-refractivity contribution in [3.63, 3.8) is 0 Å². The van der Waals surface area contributed by atoms with E-state index >= 15 is 0 Å². The lowest BCUT2D eigenvalue weighted by Gasteiger charge is -2.17. The molecule has 4 nitrogen and oxygen atoms in total. The second kappa shape index (κ2) is 3.74. The number of nitrogens with zero attached hydrogens (tertiary/aromatic N) is 2. The third kappa shape index (κ3) is 2.80. The van der Waals surface area contributed by atoms with Crippen molar-refractivity contribution in [2.24, 2.45) is 5.73 Å². The first-order chi connectivity index (χ1) is 6.39. The number of hydrogen-bond donors (Lipinski definition) is 2. The summed E-state index contributed by atoms with van der Waals surface area (Å²) in [7, 11) is 0. The number of amidine groups is 1. The minimum Gasteiger partial charge on any atom is -0.387 e. The van der Waals surface area contributed by atoms with Crippen molar-refractivity contribution in [1.29, 1.82) is 5.41 Å². The highest BCUT2D eigenvalue weighted by Gasteiger charge is 2.15. The van der Waals surface area contributed by atoms with Gasteiger partial charge in [0.25, 0.3) is 0 Å². The second-order valence-electron chi connectivity index (χ2n) is 4.35. The van der Waals surface area contributed by atoms with E-state index in [0.29, 0.717) is 6.42 Å². The highest BCUT2D eigenvalue weighted by molar-refractivity contribution is 5.78. The summed E-state index contributed by atoms with van der Waals surface area (Å²) in [6.45, 7) is 6.27. The van der Waals surface area contributed by atoms with E-state index in [9.17, 15) is 0 Å². The summed E-state index contributed by atoms with van der Waals surface area (Å²) in [5.74, 6) is 0.128. The fraction of sp³-hybridized carbons (Fsp3) is 0.500. The SMILES string of the molecule is CC(C)(C)c1cc(CC(=N)N)ncn1. The molecule has 1 aromatic heterocycles. The van der Waals surface area contributed by atoms with Gasteiger partial charge < -0.3 is 5.73 Å². The summed E-state index contributed by atoms with van der Waals surface area (Å²) in [6.07, 6.45) is 1.92. The number of hydrogen-bond acceptors (Lipinski definition) is 3. The van der Waals surface area contributed by atoms with Crippen molar-refractivity contribution in [3.8, 4) is 0 Å². The standard InChI is InChI=1S/C10H16N4/c1-10(2,3)8-4-7(5-9(11)12)13-6-14-8/h4,6H,5H2,1-3H3,(H3,11,12). The fourth-order valence-corrected chi connectivity index (χ4v) is 1.10. The van der Waals surface area contributed by atoms with E-state index in [1.807, 2.05) is 6.07 Å². The molecule has 1 heterocycles. The van der Waals surface area contributed by atoms with Gasteiger partial charge in [-0.15, -0.1) is 0 Å². The molecule has 0 atom stereocenters. The van der Waals surface area contributed by atoms with E-state index in [-0.39, 0.29) is 11.3 Å². The molecule has 0 fully saturated rings. The Labute approximate surface area is 84.1 Å². The monoisotopic (exact) mass is 192 g/mol. The van der Waals surface area contributed by atoms with Gasteiger partial charge in [-0.2, -0.15) is 0 Å². The molecule has 4 heteroatoms. The minimum absolute atomic E-state index is 0.00841. The van der Waals surface area contributed by atoms with Crippen molar-refractivity contribution in [1.82, 2.24) is 9.97 Å². The Hall–Kier alpha value is -1.45. The molecule has 14 heavy (non-hydrogen) atoms. The molecule has 0 aliphatic rings. The van der Waals surface area contributed by atoms with Gasteiger partial charge in [0.15, 0.2) is 0 Å². The molecule has 0 bridgehead atoms. The van der Waals surface area contributed by atoms with E-state index in [0.717, 1.165) is 11.4 Å². The van der Waals surface area contributed by atoms with Gasteiger partial charge >= 0.3 is 0 Å². The van der Waals surface area contributed by atoms with Crippen LogP contribution in [-0.4, -0.2) is 15.8 Å². The van der Waals surface area contributed by atoms with Crippen LogP contribution in [0.15, 0.2) is 12.4 Å². The number of nitrogens with one attached hydrogen (secondary N) is 1. The normalized spacial score (nSPS) is 11.4. The molecular weight excluding hydrogens is 176 g/mol. The Morgan fingerprint density at radius 1 is 1.43 bits per heavy atom. The molecule has 76 valence electrons. The first kappa shape index (κ1) is 10.6. The highest BCUT2D eigenvalue weighted by atomic mass is 14.9. The van der Waals surface area contributed by atoms with E-state index < -0.39 is 0 Å². The van der Waals surface area contributed by atoms with Crippen LogP contribution >= 0.6 is 0 Å². The van der Waals surface area contributed by atoms with Crippen molar-refractivity contribution in [2.75, 3.05) is 0 Å². The maximum absolute atomic E-state index is 7.18. The predicted molar refractivity (Wildman–Crippen MR) is 56.4 cm³/mol. The molecule has 1 aromatic rings. The van der Waals surface area contributed by atoms with Crippen LogP contribution < -0.4 is 5.73 Å². The van der Waals surface area contributed by atoms with Crippen LogP contribution in [-0.2, 0) is 11.8 Å². The van der Waals surface area contributed by atoms with Gasteiger partial charge in [-0.1, -0.05) is 20.8 Å². The molecule has 3 N–H and O–H groups in total. The maximum atomic E-state index is 7.18. The largest absolute Gasteiger partial charge is 0.387 e. The van der Waals surface area contributed by atoms with Crippen LogP contribution in [0.4, 0.5) is 0 Å². The molecule has 1 rings (SSSR count). The van der Waals surface area contributed by atoms with Gasteiger partial charge in [0.05, 0.1) is 11.5 Å². The first-order valence-electron chi connectivity index (χ1n) is 4.54. The smallest absolute Gasteiger partial charge is 0.115 e. The molecule has 0 aromatic carbocycles. The summed E-state index contributed by atoms with van der Waals surface area (Å²) >= 11 is 0. The van der Waals surface area contributed by atoms with Crippen LogP contribution in [0.2, 0.25) is 0 Å². The summed E-state index contributed by atoms with van der Waals surface area (Å²) in [4.78, 5) is 8.26. The zero-order chi connectivity index (χ0) is 10.8. The third-order valence-electron chi connectivity index (χ3n) is 1.86. The lowest BCUT2D eigenvalue weighted by atomic mass is 9.91. The fourth-order valence-electron chi connectivity index (χ4n) is 1.10. The van der Waals surface area contributed by atoms with Gasteiger partial charge in [0.1, 0.15) is 6.33 Å². The summed E-state index contributed by atoms with van der Waals surface area (Å²) < 4.78 is 0. The minimum atomic E-state index is 0.00841. The third-order valence-corrected chi connectivity index (χ3v) is 1.86. The Balaban J connectivity index is 2.95. The number of nitrogens with two attached hydrogens (primary N) is 1. The Morgan fingerprint density at radius 3 is 2.57 bits per heavy atom. The number of aromatic nitrogens is 2. The molecule has 0 aliphatic carbocycles. The van der Waals surface area contributed by atoms with Crippen LogP contribution in [0.3, 0.4) is 0 Å². The maximum Gasteiger partial charge on any atom is 0.115 e. The summed E-state index contributed by atoms with van der Waals surface area (Å²) in [5.41, 5.74) is 7.09. The first-order valence-corrected chi connectivity index (χ1v) is 4.54. The zero-order valence-electron chi connectivity index (χ0n) is 8.83. The topological polar surface area (TPSA) is 75.7 Å². The Bertz CT molecular complexity index is 338. The van der Waals surface area contributed by atoms with Crippen LogP contribution in [0.1, 0.15) is 32.2 Å². The Kier molecular flexibility index (Phi) is 2.84. The quantitative estimate of drug-likeness (QED) is 0.547. The van der Waals surface area contributed by atoms with Crippen molar-refractivity contribution in [2.45, 2.75) is 32.6 Å². The van der Waals surface area contributed by atoms with E-state index in [1.54, 1.807) is 0 Å². The molecule has 0 aliphatic heterocycles. The number of rotatable bonds is 2. The molecule has 0 saturated carbocycles. The van der Waals surface area contributed by atoms with Crippen LogP contribution in [0.5, 0.6) is 0 Å². The van der Waals surface area contributed by atoms with Crippen LogP contribution in [0, 0.1) is 5.41 Å². The predicted octanol–water partition coefficient (Wildman–Crippen LogP) is 1.25. The molecule has 0 amide bonds. The van der Waals surface area contributed by atoms with Crippen LogP contribution in [0.25, 0.3) is 0 Å². The lowest BCUT2D eigenvalue weighted by Crippen LogP contribution is -2.17. The van der Waals surface area contributed by atoms with Gasteiger partial charge in [-0.3, -0.25) is 5.41 Å². The summed E-state index contributed by atoms with van der Waals surface area (Å²) in [6, 6.07) is 1.90. The van der Waals surface area contributed by atoms with E-state index in [4.69, 9.17) is 11.1 Å². The molecule has 0 unspecified atom stereocenters. The highest BCUT2D eigenvalue weighted by Crippen LogP contribution is 2.19. The average Bonchev–Trinajstić information content (AvgIpc) is 2.01. The zero-order valence-corrected chi connectivity index (χ0v) is 8.83. The van der Waals surface area contributed by atoms with Crippen molar-refractivity contribution in [3.05, 3.63) is 23.8 Å². The van der Waals surface area contributed by atoms with Crippen molar-refractivity contribution < 1.29 is 0 Å². The second-order valence-corrected chi connectivity index (χ2v) is 4.35. The molecule has 0 radical (unpaired) electrons. The molecule has 0 saturated heterocycles. The Morgan fingerprint density at radius 2 is 2.07 bits per heavy atom.